The molecule has 2 aromatic carbocycles. The quantitative estimate of drug-likeness (QED) is 0.640. The Morgan fingerprint density at radius 2 is 1.67 bits per heavy atom. The van der Waals surface area contributed by atoms with Crippen LogP contribution in [-0.2, 0) is 9.84 Å². The Morgan fingerprint density at radius 1 is 1.04 bits per heavy atom. The zero-order valence-corrected chi connectivity index (χ0v) is 17.6. The molecule has 0 saturated carbocycles. The van der Waals surface area contributed by atoms with E-state index in [4.69, 9.17) is 0 Å². The highest BCUT2D eigenvalue weighted by molar-refractivity contribution is 9.10. The zero-order chi connectivity index (χ0) is 19.8. The van der Waals surface area contributed by atoms with Gasteiger partial charge in [-0.1, -0.05) is 12.1 Å². The summed E-state index contributed by atoms with van der Waals surface area (Å²) in [5.74, 6) is -0.242. The largest absolute Gasteiger partial charge is 0.322 e. The predicted molar refractivity (Wildman–Crippen MR) is 110 cm³/mol. The molecule has 0 aliphatic carbocycles. The molecule has 7 heteroatoms. The molecule has 1 heterocycles. The molecule has 0 saturated heterocycles. The van der Waals surface area contributed by atoms with Gasteiger partial charge in [-0.2, -0.15) is 0 Å². The van der Waals surface area contributed by atoms with E-state index in [2.05, 4.69) is 21.2 Å². The maximum atomic E-state index is 12.7. The third-order valence-corrected chi connectivity index (χ3v) is 6.11. The molecule has 5 nitrogen and oxygen atoms in total. The number of para-hydroxylation sites is 1. The van der Waals surface area contributed by atoms with Crippen molar-refractivity contribution in [1.82, 2.24) is 4.57 Å². The minimum Gasteiger partial charge on any atom is -0.322 e. The Balaban J connectivity index is 1.90. The van der Waals surface area contributed by atoms with Gasteiger partial charge in [-0.05, 0) is 72.2 Å². The van der Waals surface area contributed by atoms with Crippen molar-refractivity contribution < 1.29 is 13.2 Å². The molecule has 3 rings (SSSR count). The molecule has 27 heavy (non-hydrogen) atoms. The van der Waals surface area contributed by atoms with Crippen LogP contribution in [0.2, 0.25) is 0 Å². The molecular formula is C20H19BrN2O3S. The number of aromatic nitrogens is 1. The molecule has 0 radical (unpaired) electrons. The molecule has 140 valence electrons. The number of hydrogen-bond acceptors (Lipinski definition) is 3. The van der Waals surface area contributed by atoms with E-state index in [0.29, 0.717) is 11.3 Å². The van der Waals surface area contributed by atoms with Crippen molar-refractivity contribution >= 4 is 37.4 Å². The van der Waals surface area contributed by atoms with Gasteiger partial charge in [0.05, 0.1) is 16.1 Å². The van der Waals surface area contributed by atoms with Gasteiger partial charge in [0.15, 0.2) is 9.84 Å². The van der Waals surface area contributed by atoms with Crippen molar-refractivity contribution in [3.8, 4) is 5.69 Å². The summed E-state index contributed by atoms with van der Waals surface area (Å²) in [5.41, 5.74) is 3.83. The van der Waals surface area contributed by atoms with E-state index in [-0.39, 0.29) is 10.8 Å². The van der Waals surface area contributed by atoms with Crippen LogP contribution in [0.5, 0.6) is 0 Å². The molecule has 0 aliphatic heterocycles. The van der Waals surface area contributed by atoms with Crippen molar-refractivity contribution in [2.45, 2.75) is 18.7 Å². The van der Waals surface area contributed by atoms with Gasteiger partial charge < -0.3 is 9.88 Å². The van der Waals surface area contributed by atoms with Crippen molar-refractivity contribution in [2.24, 2.45) is 0 Å². The molecule has 0 aliphatic rings. The molecule has 0 bridgehead atoms. The number of anilines is 1. The smallest absolute Gasteiger partial charge is 0.257 e. The Hall–Kier alpha value is -2.38. The normalized spacial score (nSPS) is 11.4. The van der Waals surface area contributed by atoms with E-state index < -0.39 is 9.84 Å². The summed E-state index contributed by atoms with van der Waals surface area (Å²) in [7, 11) is -3.26. The third-order valence-electron chi connectivity index (χ3n) is 4.31. The number of rotatable bonds is 4. The minimum absolute atomic E-state index is 0.215. The van der Waals surface area contributed by atoms with Crippen LogP contribution in [0.25, 0.3) is 5.69 Å². The van der Waals surface area contributed by atoms with Crippen LogP contribution >= 0.6 is 15.9 Å². The summed E-state index contributed by atoms with van der Waals surface area (Å²) >= 11 is 3.55. The molecule has 1 amide bonds. The minimum atomic E-state index is -3.26. The number of sulfone groups is 1. The standard InChI is InChI=1S/C20H19BrN2O3S/c1-13-12-17(14(2)23(13)19-7-5-4-6-18(19)21)20(24)22-15-8-10-16(11-9-15)27(3,25)26/h4-12H,1-3H3,(H,22,24). The van der Waals surface area contributed by atoms with E-state index in [9.17, 15) is 13.2 Å². The number of nitrogens with zero attached hydrogens (tertiary/aromatic N) is 1. The van der Waals surface area contributed by atoms with Gasteiger partial charge in [0.25, 0.3) is 5.91 Å². The second kappa shape index (κ2) is 7.32. The van der Waals surface area contributed by atoms with Gasteiger partial charge in [0.2, 0.25) is 0 Å². The summed E-state index contributed by atoms with van der Waals surface area (Å²) in [4.78, 5) is 13.0. The summed E-state index contributed by atoms with van der Waals surface area (Å²) in [6.07, 6.45) is 1.15. The lowest BCUT2D eigenvalue weighted by Gasteiger charge is -2.12. The monoisotopic (exact) mass is 446 g/mol. The van der Waals surface area contributed by atoms with Crippen molar-refractivity contribution in [1.29, 1.82) is 0 Å². The molecule has 0 spiro atoms. The lowest BCUT2D eigenvalue weighted by molar-refractivity contribution is 0.102. The highest BCUT2D eigenvalue weighted by Crippen LogP contribution is 2.27. The van der Waals surface area contributed by atoms with Crippen molar-refractivity contribution in [3.63, 3.8) is 0 Å². The maximum Gasteiger partial charge on any atom is 0.257 e. The van der Waals surface area contributed by atoms with Crippen LogP contribution in [0.15, 0.2) is 64.0 Å². The fraction of sp³-hybridized carbons (Fsp3) is 0.150. The summed E-state index contributed by atoms with van der Waals surface area (Å²) in [5, 5.41) is 2.83. The number of carbonyl (C=O) groups is 1. The highest BCUT2D eigenvalue weighted by Gasteiger charge is 2.18. The first kappa shape index (κ1) is 19.4. The lowest BCUT2D eigenvalue weighted by Crippen LogP contribution is -2.13. The van der Waals surface area contributed by atoms with E-state index in [1.165, 1.54) is 12.1 Å². The number of halogens is 1. The van der Waals surface area contributed by atoms with Crippen LogP contribution in [-0.4, -0.2) is 25.1 Å². The lowest BCUT2D eigenvalue weighted by atomic mass is 10.2. The summed E-state index contributed by atoms with van der Waals surface area (Å²) in [6.45, 7) is 3.85. The Labute approximate surface area is 167 Å². The molecule has 0 fully saturated rings. The maximum absolute atomic E-state index is 12.7. The zero-order valence-electron chi connectivity index (χ0n) is 15.2. The van der Waals surface area contributed by atoms with Crippen LogP contribution in [0.1, 0.15) is 21.7 Å². The Kier molecular flexibility index (Phi) is 5.26. The van der Waals surface area contributed by atoms with E-state index >= 15 is 0 Å². The van der Waals surface area contributed by atoms with Gasteiger partial charge >= 0.3 is 0 Å². The summed E-state index contributed by atoms with van der Waals surface area (Å²) in [6, 6.07) is 15.8. The van der Waals surface area contributed by atoms with Crippen LogP contribution in [0.4, 0.5) is 5.69 Å². The number of nitrogens with one attached hydrogen (secondary N) is 1. The average Bonchev–Trinajstić information content (AvgIpc) is 2.90. The van der Waals surface area contributed by atoms with Crippen LogP contribution in [0, 0.1) is 13.8 Å². The summed E-state index contributed by atoms with van der Waals surface area (Å²) < 4.78 is 26.0. The van der Waals surface area contributed by atoms with Gasteiger partial charge in [0.1, 0.15) is 0 Å². The van der Waals surface area contributed by atoms with E-state index in [1.54, 1.807) is 12.1 Å². The second-order valence-electron chi connectivity index (χ2n) is 6.32. The average molecular weight is 447 g/mol. The second-order valence-corrected chi connectivity index (χ2v) is 9.19. The molecule has 0 unspecified atom stereocenters. The fourth-order valence-corrected chi connectivity index (χ4v) is 4.07. The number of aryl methyl sites for hydroxylation is 1. The molecular weight excluding hydrogens is 428 g/mol. The van der Waals surface area contributed by atoms with Gasteiger partial charge in [-0.25, -0.2) is 8.42 Å². The molecule has 3 aromatic rings. The number of hydrogen-bond donors (Lipinski definition) is 1. The first-order valence-electron chi connectivity index (χ1n) is 8.24. The first-order valence-corrected chi connectivity index (χ1v) is 10.9. The number of amides is 1. The van der Waals surface area contributed by atoms with Crippen molar-refractivity contribution in [2.75, 3.05) is 11.6 Å². The molecule has 1 N–H and O–H groups in total. The third kappa shape index (κ3) is 3.99. The first-order chi connectivity index (χ1) is 12.7. The van der Waals surface area contributed by atoms with Crippen LogP contribution in [0.3, 0.4) is 0 Å². The van der Waals surface area contributed by atoms with Crippen molar-refractivity contribution in [3.05, 3.63) is 76.0 Å². The van der Waals surface area contributed by atoms with Gasteiger partial charge in [-0.3, -0.25) is 4.79 Å². The number of carbonyl (C=O) groups excluding carboxylic acids is 1. The van der Waals surface area contributed by atoms with Gasteiger partial charge in [-0.15, -0.1) is 0 Å². The number of benzene rings is 2. The highest BCUT2D eigenvalue weighted by atomic mass is 79.9. The SMILES string of the molecule is Cc1cc(C(=O)Nc2ccc(S(C)(=O)=O)cc2)c(C)n1-c1ccccc1Br. The molecule has 0 atom stereocenters. The van der Waals surface area contributed by atoms with E-state index in [1.807, 2.05) is 48.7 Å². The fourth-order valence-electron chi connectivity index (χ4n) is 2.98. The Bertz CT molecular complexity index is 1120. The van der Waals surface area contributed by atoms with E-state index in [0.717, 1.165) is 27.8 Å². The topological polar surface area (TPSA) is 68.2 Å². The predicted octanol–water partition coefficient (Wildman–Crippen LogP) is 4.51. The Morgan fingerprint density at radius 3 is 2.26 bits per heavy atom. The molecule has 1 aromatic heterocycles. The van der Waals surface area contributed by atoms with Gasteiger partial charge in [0, 0.05) is 27.8 Å². The van der Waals surface area contributed by atoms with Crippen LogP contribution < -0.4 is 5.32 Å².